The first-order valence-corrected chi connectivity index (χ1v) is 9.94. The molecule has 1 aliphatic carbocycles. The third-order valence-electron chi connectivity index (χ3n) is 5.91. The molecule has 1 N–H and O–H groups in total. The van der Waals surface area contributed by atoms with Crippen LogP contribution in [-0.4, -0.2) is 29.5 Å². The van der Waals surface area contributed by atoms with Gasteiger partial charge in [0.1, 0.15) is 5.41 Å². The van der Waals surface area contributed by atoms with Crippen LogP contribution in [0, 0.1) is 5.82 Å². The summed E-state index contributed by atoms with van der Waals surface area (Å²) in [5.41, 5.74) is -0.285. The molecule has 0 aromatic heterocycles. The highest BCUT2D eigenvalue weighted by atomic mass is 35.5. The highest BCUT2D eigenvalue weighted by Crippen LogP contribution is 2.49. The number of aliphatic imine (C=N–C) groups is 1. The SMILES string of the molecule is O=C(O)c1ccc(C2=NCC(c3cc(Cl)c(F)c(Cl)c3)(C(F)(F)F)C2)c2c1CCC2. The molecule has 3 nitrogen and oxygen atoms in total. The predicted molar refractivity (Wildman–Crippen MR) is 106 cm³/mol. The average Bonchev–Trinajstić information content (AvgIpc) is 3.32. The second kappa shape index (κ2) is 7.24. The lowest BCUT2D eigenvalue weighted by molar-refractivity contribution is -0.183. The van der Waals surface area contributed by atoms with Crippen molar-refractivity contribution in [3.8, 4) is 0 Å². The number of carboxylic acids is 1. The molecule has 30 heavy (non-hydrogen) atoms. The second-order valence-corrected chi connectivity index (χ2v) is 8.36. The summed E-state index contributed by atoms with van der Waals surface area (Å²) in [6, 6.07) is 4.85. The molecule has 0 saturated heterocycles. The van der Waals surface area contributed by atoms with Crippen molar-refractivity contribution in [2.45, 2.75) is 37.3 Å². The van der Waals surface area contributed by atoms with Crippen LogP contribution < -0.4 is 0 Å². The van der Waals surface area contributed by atoms with Crippen molar-refractivity contribution in [3.05, 3.63) is 67.9 Å². The van der Waals surface area contributed by atoms with Gasteiger partial charge in [0.25, 0.3) is 0 Å². The first-order valence-electron chi connectivity index (χ1n) is 9.18. The Morgan fingerprint density at radius 2 is 1.73 bits per heavy atom. The third kappa shape index (κ3) is 3.19. The van der Waals surface area contributed by atoms with Gasteiger partial charge in [-0.2, -0.15) is 13.2 Å². The summed E-state index contributed by atoms with van der Waals surface area (Å²) in [6.07, 6.45) is -3.28. The fraction of sp³-hybridized carbons (Fsp3) is 0.333. The van der Waals surface area contributed by atoms with E-state index < -0.39 is 46.4 Å². The molecule has 1 unspecified atom stereocenters. The van der Waals surface area contributed by atoms with E-state index in [4.69, 9.17) is 23.2 Å². The molecular weight excluding hydrogens is 445 g/mol. The molecule has 4 rings (SSSR count). The Balaban J connectivity index is 1.79. The number of fused-ring (bicyclic) bond motifs is 1. The Morgan fingerprint density at radius 1 is 1.10 bits per heavy atom. The van der Waals surface area contributed by atoms with Gasteiger partial charge in [-0.25, -0.2) is 9.18 Å². The Kier molecular flexibility index (Phi) is 5.10. The lowest BCUT2D eigenvalue weighted by Crippen LogP contribution is -2.44. The molecule has 9 heteroatoms. The van der Waals surface area contributed by atoms with Crippen molar-refractivity contribution in [1.29, 1.82) is 0 Å². The lowest BCUT2D eigenvalue weighted by atomic mass is 9.76. The minimum Gasteiger partial charge on any atom is -0.478 e. The van der Waals surface area contributed by atoms with Crippen molar-refractivity contribution < 1.29 is 27.5 Å². The zero-order valence-corrected chi connectivity index (χ0v) is 16.9. The number of rotatable bonds is 3. The Hall–Kier alpha value is -2.12. The maximum absolute atomic E-state index is 14.3. The van der Waals surface area contributed by atoms with Gasteiger partial charge in [0.2, 0.25) is 0 Å². The van der Waals surface area contributed by atoms with Crippen LogP contribution in [0.25, 0.3) is 0 Å². The first kappa shape index (κ1) is 21.1. The van der Waals surface area contributed by atoms with Crippen LogP contribution >= 0.6 is 23.2 Å². The number of hydrogen-bond donors (Lipinski definition) is 1. The fourth-order valence-corrected chi connectivity index (χ4v) is 4.85. The number of alkyl halides is 3. The third-order valence-corrected chi connectivity index (χ3v) is 6.46. The smallest absolute Gasteiger partial charge is 0.400 e. The van der Waals surface area contributed by atoms with E-state index in [1.807, 2.05) is 0 Å². The van der Waals surface area contributed by atoms with Gasteiger partial charge in [-0.15, -0.1) is 0 Å². The van der Waals surface area contributed by atoms with Crippen LogP contribution in [0.5, 0.6) is 0 Å². The number of halogens is 6. The van der Waals surface area contributed by atoms with Gasteiger partial charge in [0.05, 0.1) is 22.2 Å². The maximum atomic E-state index is 14.3. The minimum absolute atomic E-state index is 0.170. The molecule has 1 atom stereocenters. The maximum Gasteiger partial charge on any atom is 0.400 e. The standard InChI is InChI=1S/C21H15Cl2F4NO2/c22-15-6-10(7-16(23)18(15)24)20(21(25,26)27)8-17(28-9-20)13-4-5-14(19(29)30)12-3-1-2-11(12)13/h4-7H,1-3,8-9H2,(H,29,30). The zero-order valence-electron chi connectivity index (χ0n) is 15.4. The molecule has 0 radical (unpaired) electrons. The summed E-state index contributed by atoms with van der Waals surface area (Å²) < 4.78 is 56.6. The molecule has 0 spiro atoms. The van der Waals surface area contributed by atoms with Crippen LogP contribution in [0.2, 0.25) is 10.0 Å². The van der Waals surface area contributed by atoms with Crippen molar-refractivity contribution in [3.63, 3.8) is 0 Å². The van der Waals surface area contributed by atoms with E-state index in [2.05, 4.69) is 4.99 Å². The van der Waals surface area contributed by atoms with Gasteiger partial charge in [-0.1, -0.05) is 29.3 Å². The summed E-state index contributed by atoms with van der Waals surface area (Å²) in [5, 5.41) is 8.41. The highest BCUT2D eigenvalue weighted by molar-refractivity contribution is 6.35. The van der Waals surface area contributed by atoms with Crippen LogP contribution in [0.15, 0.2) is 29.3 Å². The molecule has 0 amide bonds. The largest absolute Gasteiger partial charge is 0.478 e. The van der Waals surface area contributed by atoms with Crippen LogP contribution in [-0.2, 0) is 18.3 Å². The molecular formula is C21H15Cl2F4NO2. The molecule has 158 valence electrons. The number of aromatic carboxylic acids is 1. The van der Waals surface area contributed by atoms with E-state index in [1.165, 1.54) is 12.1 Å². The van der Waals surface area contributed by atoms with E-state index in [9.17, 15) is 27.5 Å². The average molecular weight is 460 g/mol. The molecule has 1 aliphatic heterocycles. The van der Waals surface area contributed by atoms with Gasteiger partial charge >= 0.3 is 12.1 Å². The van der Waals surface area contributed by atoms with E-state index >= 15 is 0 Å². The number of nitrogens with zero attached hydrogens (tertiary/aromatic N) is 1. The normalized spacial score (nSPS) is 20.9. The van der Waals surface area contributed by atoms with Crippen molar-refractivity contribution >= 4 is 34.9 Å². The van der Waals surface area contributed by atoms with Gasteiger partial charge in [0.15, 0.2) is 5.82 Å². The van der Waals surface area contributed by atoms with Crippen LogP contribution in [0.1, 0.15) is 45.5 Å². The Labute approximate surface area is 179 Å². The lowest BCUT2D eigenvalue weighted by Gasteiger charge is -2.32. The monoisotopic (exact) mass is 459 g/mol. The number of hydrogen-bond acceptors (Lipinski definition) is 2. The molecule has 2 aliphatic rings. The number of carbonyl (C=O) groups is 1. The number of carboxylic acid groups (broad SMARTS) is 1. The first-order chi connectivity index (χ1) is 14.0. The summed E-state index contributed by atoms with van der Waals surface area (Å²) >= 11 is 11.5. The summed E-state index contributed by atoms with van der Waals surface area (Å²) in [7, 11) is 0. The highest BCUT2D eigenvalue weighted by Gasteiger charge is 2.58. The molecule has 0 saturated carbocycles. The van der Waals surface area contributed by atoms with E-state index in [0.717, 1.165) is 24.1 Å². The summed E-state index contributed by atoms with van der Waals surface area (Å²) in [5.74, 6) is -2.03. The van der Waals surface area contributed by atoms with E-state index in [-0.39, 0.29) is 16.8 Å². The van der Waals surface area contributed by atoms with Crippen molar-refractivity contribution in [2.24, 2.45) is 4.99 Å². The topological polar surface area (TPSA) is 49.7 Å². The number of benzene rings is 2. The molecule has 0 bridgehead atoms. The van der Waals surface area contributed by atoms with Crippen LogP contribution in [0.3, 0.4) is 0 Å². The minimum atomic E-state index is -4.69. The van der Waals surface area contributed by atoms with Crippen molar-refractivity contribution in [1.82, 2.24) is 0 Å². The Bertz CT molecular complexity index is 1070. The molecule has 1 heterocycles. The van der Waals surface area contributed by atoms with Gasteiger partial charge in [0, 0.05) is 12.1 Å². The van der Waals surface area contributed by atoms with E-state index in [0.29, 0.717) is 24.0 Å². The Morgan fingerprint density at radius 3 is 2.33 bits per heavy atom. The molecule has 0 fully saturated rings. The van der Waals surface area contributed by atoms with E-state index in [1.54, 1.807) is 0 Å². The van der Waals surface area contributed by atoms with Crippen LogP contribution in [0.4, 0.5) is 17.6 Å². The quantitative estimate of drug-likeness (QED) is 0.451. The van der Waals surface area contributed by atoms with Gasteiger partial charge in [-0.3, -0.25) is 4.99 Å². The molecule has 2 aromatic rings. The summed E-state index contributed by atoms with van der Waals surface area (Å²) in [4.78, 5) is 15.7. The molecule has 2 aromatic carbocycles. The predicted octanol–water partition coefficient (Wildman–Crippen LogP) is 6.01. The second-order valence-electron chi connectivity index (χ2n) is 7.55. The van der Waals surface area contributed by atoms with Gasteiger partial charge in [-0.05, 0) is 59.7 Å². The summed E-state index contributed by atoms with van der Waals surface area (Å²) in [6.45, 7) is -0.584. The van der Waals surface area contributed by atoms with Crippen molar-refractivity contribution in [2.75, 3.05) is 6.54 Å². The van der Waals surface area contributed by atoms with Gasteiger partial charge < -0.3 is 5.11 Å². The zero-order chi connectivity index (χ0) is 21.8. The fourth-order valence-electron chi connectivity index (χ4n) is 4.36.